The monoisotopic (exact) mass is 185 g/mol. The third kappa shape index (κ3) is 3.44. The van der Waals surface area contributed by atoms with Gasteiger partial charge in [-0.15, -0.1) is 11.1 Å². The van der Waals surface area contributed by atoms with Gasteiger partial charge in [0.05, 0.1) is 0 Å². The van der Waals surface area contributed by atoms with E-state index in [9.17, 15) is 0 Å². The van der Waals surface area contributed by atoms with Gasteiger partial charge in [-0.2, -0.15) is 0 Å². The van der Waals surface area contributed by atoms with Crippen LogP contribution in [-0.4, -0.2) is 7.55 Å². The van der Waals surface area contributed by atoms with Crippen molar-refractivity contribution in [2.75, 3.05) is 4.98 Å². The summed E-state index contributed by atoms with van der Waals surface area (Å²) < 4.78 is 0. The maximum Gasteiger partial charge on any atom is 0.247 e. The van der Waals surface area contributed by atoms with Crippen LogP contribution in [0.3, 0.4) is 0 Å². The molecule has 3 heteroatoms. The number of hydrogen-bond acceptors (Lipinski definition) is 1. The molecule has 0 spiro atoms. The van der Waals surface area contributed by atoms with Crippen molar-refractivity contribution in [3.63, 3.8) is 0 Å². The van der Waals surface area contributed by atoms with E-state index in [1.807, 2.05) is 30.3 Å². The maximum atomic E-state index is 6.10. The molecule has 1 rings (SSSR count). The van der Waals surface area contributed by atoms with Crippen molar-refractivity contribution >= 4 is 24.3 Å². The molecule has 60 valence electrons. The zero-order valence-corrected chi connectivity index (χ0v) is 8.52. The zero-order chi connectivity index (χ0) is 8.32. The van der Waals surface area contributed by atoms with Crippen LogP contribution in [0.5, 0.6) is 0 Å². The Morgan fingerprint density at radius 2 is 1.73 bits per heavy atom. The van der Waals surface area contributed by atoms with Crippen LogP contribution < -0.4 is 4.98 Å². The van der Waals surface area contributed by atoms with Crippen molar-refractivity contribution in [3.8, 4) is 0 Å². The molecule has 0 heterocycles. The number of anilines is 1. The molecule has 11 heavy (non-hydrogen) atoms. The molecule has 1 nitrogen and oxygen atoms in total. The largest absolute Gasteiger partial charge is 0.399 e. The van der Waals surface area contributed by atoms with Crippen LogP contribution in [-0.2, 0) is 0 Å². The summed E-state index contributed by atoms with van der Waals surface area (Å²) in [5.41, 5.74) is 1.11. The smallest absolute Gasteiger partial charge is 0.247 e. The molecule has 0 aliphatic carbocycles. The fraction of sp³-hybridized carbons (Fsp3) is 0.250. The highest BCUT2D eigenvalue weighted by Crippen LogP contribution is 2.13. The van der Waals surface area contributed by atoms with Gasteiger partial charge >= 0.3 is 0 Å². The first-order valence-electron chi connectivity index (χ1n) is 3.60. The Hall–Kier alpha value is -0.473. The van der Waals surface area contributed by atoms with Gasteiger partial charge < -0.3 is 4.98 Å². The van der Waals surface area contributed by atoms with Crippen LogP contribution >= 0.6 is 11.1 Å². The Kier molecular flexibility index (Phi) is 2.57. The van der Waals surface area contributed by atoms with E-state index in [2.05, 4.69) is 18.1 Å². The summed E-state index contributed by atoms with van der Waals surface area (Å²) >= 11 is 6.10. The minimum atomic E-state index is -1.68. The van der Waals surface area contributed by atoms with Gasteiger partial charge in [0.2, 0.25) is 7.55 Å². The van der Waals surface area contributed by atoms with Gasteiger partial charge in [0.25, 0.3) is 0 Å². The number of hydrogen-bond donors (Lipinski definition) is 1. The van der Waals surface area contributed by atoms with Crippen LogP contribution in [0.2, 0.25) is 13.1 Å². The van der Waals surface area contributed by atoms with Crippen LogP contribution in [0.25, 0.3) is 0 Å². The van der Waals surface area contributed by atoms with E-state index in [4.69, 9.17) is 11.1 Å². The normalized spacial score (nSPS) is 11.2. The molecule has 0 saturated heterocycles. The lowest BCUT2D eigenvalue weighted by molar-refractivity contribution is 1.63. The molecule has 0 aliphatic heterocycles. The van der Waals surface area contributed by atoms with Crippen LogP contribution in [0.1, 0.15) is 0 Å². The number of benzene rings is 1. The molecule has 0 bridgehead atoms. The van der Waals surface area contributed by atoms with E-state index < -0.39 is 7.55 Å². The molecule has 0 aromatic heterocycles. The summed E-state index contributed by atoms with van der Waals surface area (Å²) in [6.07, 6.45) is 0. The summed E-state index contributed by atoms with van der Waals surface area (Å²) in [6, 6.07) is 10.0. The lowest BCUT2D eigenvalue weighted by Crippen LogP contribution is -2.29. The van der Waals surface area contributed by atoms with E-state index in [1.54, 1.807) is 0 Å². The van der Waals surface area contributed by atoms with Crippen molar-refractivity contribution in [1.29, 1.82) is 0 Å². The predicted molar refractivity (Wildman–Crippen MR) is 53.4 cm³/mol. The molecule has 0 amide bonds. The first-order chi connectivity index (χ1) is 5.08. The number of halogens is 1. The molecular formula is C8H12ClNSi. The van der Waals surface area contributed by atoms with Crippen molar-refractivity contribution < 1.29 is 0 Å². The average molecular weight is 186 g/mol. The Morgan fingerprint density at radius 1 is 1.18 bits per heavy atom. The van der Waals surface area contributed by atoms with Crippen molar-refractivity contribution in [1.82, 2.24) is 0 Å². The summed E-state index contributed by atoms with van der Waals surface area (Å²) in [6.45, 7) is 4.11. The quantitative estimate of drug-likeness (QED) is 0.552. The Balaban J connectivity index is 2.66. The van der Waals surface area contributed by atoms with E-state index in [0.29, 0.717) is 0 Å². The lowest BCUT2D eigenvalue weighted by atomic mass is 10.3. The second-order valence-electron chi connectivity index (χ2n) is 2.96. The number of nitrogens with one attached hydrogen (secondary N) is 1. The van der Waals surface area contributed by atoms with Crippen molar-refractivity contribution in [2.24, 2.45) is 0 Å². The van der Waals surface area contributed by atoms with Crippen LogP contribution in [0.4, 0.5) is 5.69 Å². The molecule has 0 atom stereocenters. The molecule has 0 aliphatic rings. The van der Waals surface area contributed by atoms with Gasteiger partial charge in [-0.25, -0.2) is 0 Å². The van der Waals surface area contributed by atoms with Gasteiger partial charge in [0.1, 0.15) is 0 Å². The van der Waals surface area contributed by atoms with E-state index in [0.717, 1.165) is 5.69 Å². The Morgan fingerprint density at radius 3 is 2.18 bits per heavy atom. The number of rotatable bonds is 2. The maximum absolute atomic E-state index is 6.10. The number of para-hydroxylation sites is 1. The average Bonchev–Trinajstić information content (AvgIpc) is 1.85. The first-order valence-corrected chi connectivity index (χ1v) is 7.61. The van der Waals surface area contributed by atoms with E-state index in [1.165, 1.54) is 0 Å². The summed E-state index contributed by atoms with van der Waals surface area (Å²) in [7, 11) is -1.68. The van der Waals surface area contributed by atoms with Crippen molar-refractivity contribution in [3.05, 3.63) is 30.3 Å². The highest BCUT2D eigenvalue weighted by molar-refractivity contribution is 7.20. The Labute approximate surface area is 73.2 Å². The highest BCUT2D eigenvalue weighted by atomic mass is 35.6. The summed E-state index contributed by atoms with van der Waals surface area (Å²) in [5.74, 6) is 0. The van der Waals surface area contributed by atoms with Gasteiger partial charge in [-0.05, 0) is 25.2 Å². The fourth-order valence-electron chi connectivity index (χ4n) is 0.865. The van der Waals surface area contributed by atoms with Gasteiger partial charge in [0, 0.05) is 5.69 Å². The predicted octanol–water partition coefficient (Wildman–Crippen LogP) is 3.04. The van der Waals surface area contributed by atoms with Crippen LogP contribution in [0, 0.1) is 0 Å². The van der Waals surface area contributed by atoms with Crippen LogP contribution in [0.15, 0.2) is 30.3 Å². The van der Waals surface area contributed by atoms with Gasteiger partial charge in [-0.1, -0.05) is 18.2 Å². The third-order valence-corrected chi connectivity index (χ3v) is 2.38. The minimum Gasteiger partial charge on any atom is -0.399 e. The summed E-state index contributed by atoms with van der Waals surface area (Å²) in [4.78, 5) is 3.29. The first kappa shape index (κ1) is 8.62. The van der Waals surface area contributed by atoms with Gasteiger partial charge in [-0.3, -0.25) is 0 Å². The molecule has 1 N–H and O–H groups in total. The Bertz CT molecular complexity index is 217. The molecule has 0 radical (unpaired) electrons. The molecule has 0 fully saturated rings. The molecule has 1 aromatic rings. The topological polar surface area (TPSA) is 12.0 Å². The second-order valence-corrected chi connectivity index (χ2v) is 8.99. The molecular weight excluding hydrogens is 174 g/mol. The SMILES string of the molecule is C[Si](C)(Cl)Nc1ccccc1. The van der Waals surface area contributed by atoms with E-state index >= 15 is 0 Å². The third-order valence-electron chi connectivity index (χ3n) is 1.22. The standard InChI is InChI=1S/C8H12ClNSi/c1-11(2,9)10-8-6-4-3-5-7-8/h3-7,10H,1-2H3. The fourth-order valence-corrected chi connectivity index (χ4v) is 2.05. The van der Waals surface area contributed by atoms with E-state index in [-0.39, 0.29) is 0 Å². The highest BCUT2D eigenvalue weighted by Gasteiger charge is 2.15. The molecule has 0 unspecified atom stereocenters. The summed E-state index contributed by atoms with van der Waals surface area (Å²) in [5, 5.41) is 0. The lowest BCUT2D eigenvalue weighted by Gasteiger charge is -2.16. The molecule has 1 aromatic carbocycles. The molecule has 0 saturated carbocycles. The zero-order valence-electron chi connectivity index (χ0n) is 6.76. The van der Waals surface area contributed by atoms with Crippen molar-refractivity contribution in [2.45, 2.75) is 13.1 Å². The second kappa shape index (κ2) is 3.28. The minimum absolute atomic E-state index is 1.11. The van der Waals surface area contributed by atoms with Gasteiger partial charge in [0.15, 0.2) is 0 Å².